The van der Waals surface area contributed by atoms with Gasteiger partial charge in [-0.15, -0.1) is 0 Å². The molecule has 1 aliphatic rings. The molecular formula is C27H23N5OS2. The molecule has 6 rings (SSSR count). The number of thiocarbonyl (C=S) groups is 1. The number of hydrogen-bond acceptors (Lipinski definition) is 5. The van der Waals surface area contributed by atoms with Gasteiger partial charge in [-0.05, 0) is 79.8 Å². The lowest BCUT2D eigenvalue weighted by Crippen LogP contribution is -2.30. The molecule has 1 saturated heterocycles. The zero-order chi connectivity index (χ0) is 23.8. The Bertz CT molecular complexity index is 1450. The zero-order valence-corrected chi connectivity index (χ0v) is 20.7. The van der Waals surface area contributed by atoms with E-state index < -0.39 is 0 Å². The second kappa shape index (κ2) is 9.13. The van der Waals surface area contributed by atoms with E-state index >= 15 is 0 Å². The van der Waals surface area contributed by atoms with E-state index in [2.05, 4.69) is 56.3 Å². The first-order valence-corrected chi connectivity index (χ1v) is 12.7. The molecule has 1 fully saturated rings. The Kier molecular flexibility index (Phi) is 5.67. The molecule has 0 radical (unpaired) electrons. The molecule has 0 saturated carbocycles. The maximum atomic E-state index is 5.88. The smallest absolute Gasteiger partial charge is 0.194 e. The van der Waals surface area contributed by atoms with E-state index in [0.29, 0.717) is 11.7 Å². The van der Waals surface area contributed by atoms with Gasteiger partial charge in [-0.1, -0.05) is 29.5 Å². The van der Waals surface area contributed by atoms with Gasteiger partial charge in [0.2, 0.25) is 0 Å². The lowest BCUT2D eigenvalue weighted by molar-refractivity contribution is 0.340. The number of benzene rings is 2. The van der Waals surface area contributed by atoms with Gasteiger partial charge in [0.1, 0.15) is 11.8 Å². The number of fused-ring (bicyclic) bond motifs is 1. The maximum absolute atomic E-state index is 5.88. The summed E-state index contributed by atoms with van der Waals surface area (Å²) in [7, 11) is 0. The predicted molar refractivity (Wildman–Crippen MR) is 144 cm³/mol. The first kappa shape index (κ1) is 21.8. The highest BCUT2D eigenvalue weighted by Gasteiger charge is 2.42. The van der Waals surface area contributed by atoms with Crippen molar-refractivity contribution in [3.8, 4) is 10.9 Å². The maximum Gasteiger partial charge on any atom is 0.194 e. The number of aromatic nitrogens is 3. The Morgan fingerprint density at radius 1 is 1.00 bits per heavy atom. The summed E-state index contributed by atoms with van der Waals surface area (Å²) in [5.74, 6) is 0.838. The minimum atomic E-state index is -0.127. The quantitative estimate of drug-likeness (QED) is 0.288. The molecule has 35 heavy (non-hydrogen) atoms. The van der Waals surface area contributed by atoms with Gasteiger partial charge in [0.15, 0.2) is 10.2 Å². The first-order chi connectivity index (χ1) is 17.2. The number of thiazole rings is 1. The van der Waals surface area contributed by atoms with Gasteiger partial charge in [0.25, 0.3) is 0 Å². The van der Waals surface area contributed by atoms with E-state index in [1.165, 1.54) is 0 Å². The summed E-state index contributed by atoms with van der Waals surface area (Å²) < 4.78 is 8.99. The van der Waals surface area contributed by atoms with Crippen LogP contribution in [0.15, 0.2) is 91.3 Å². The summed E-state index contributed by atoms with van der Waals surface area (Å²) in [5.41, 5.74) is 4.01. The Hall–Kier alpha value is -3.75. The zero-order valence-electron chi connectivity index (χ0n) is 19.0. The van der Waals surface area contributed by atoms with Gasteiger partial charge in [-0.3, -0.25) is 9.55 Å². The minimum Gasteiger partial charge on any atom is -0.494 e. The van der Waals surface area contributed by atoms with Gasteiger partial charge in [-0.25, -0.2) is 4.98 Å². The molecule has 5 aromatic rings. The summed E-state index contributed by atoms with van der Waals surface area (Å²) in [6, 6.07) is 26.2. The summed E-state index contributed by atoms with van der Waals surface area (Å²) >= 11 is 7.56. The molecule has 2 atom stereocenters. The first-order valence-electron chi connectivity index (χ1n) is 11.5. The van der Waals surface area contributed by atoms with Crippen molar-refractivity contribution in [2.45, 2.75) is 19.0 Å². The summed E-state index contributed by atoms with van der Waals surface area (Å²) in [6.45, 7) is 2.61. The van der Waals surface area contributed by atoms with Crippen molar-refractivity contribution in [1.82, 2.24) is 19.9 Å². The molecule has 1 aliphatic heterocycles. The van der Waals surface area contributed by atoms with E-state index in [9.17, 15) is 0 Å². The van der Waals surface area contributed by atoms with Crippen molar-refractivity contribution in [2.75, 3.05) is 11.5 Å². The molecule has 3 aromatic heterocycles. The van der Waals surface area contributed by atoms with E-state index in [4.69, 9.17) is 21.9 Å². The highest BCUT2D eigenvalue weighted by molar-refractivity contribution is 7.80. The molecule has 1 N–H and O–H groups in total. The van der Waals surface area contributed by atoms with Crippen LogP contribution in [0.5, 0.6) is 5.75 Å². The molecular weight excluding hydrogens is 474 g/mol. The Morgan fingerprint density at radius 3 is 2.60 bits per heavy atom. The Labute approximate surface area is 212 Å². The highest BCUT2D eigenvalue weighted by Crippen LogP contribution is 2.43. The molecule has 6 nitrogen and oxygen atoms in total. The van der Waals surface area contributed by atoms with Crippen molar-refractivity contribution in [3.05, 3.63) is 103 Å². The van der Waals surface area contributed by atoms with Gasteiger partial charge in [0.05, 0.1) is 34.3 Å². The summed E-state index contributed by atoms with van der Waals surface area (Å²) in [5, 5.41) is 5.12. The fourth-order valence-electron chi connectivity index (χ4n) is 4.58. The van der Waals surface area contributed by atoms with Crippen LogP contribution in [0.4, 0.5) is 5.69 Å². The largest absolute Gasteiger partial charge is 0.494 e. The third-order valence-electron chi connectivity index (χ3n) is 6.10. The number of pyridine rings is 1. The second-order valence-corrected chi connectivity index (χ2v) is 9.59. The van der Waals surface area contributed by atoms with Crippen LogP contribution >= 0.6 is 23.6 Å². The normalized spacial score (nSPS) is 17.6. The number of rotatable bonds is 6. The molecule has 2 unspecified atom stereocenters. The lowest BCUT2D eigenvalue weighted by Gasteiger charge is -2.28. The van der Waals surface area contributed by atoms with E-state index in [1.807, 2.05) is 61.7 Å². The predicted octanol–water partition coefficient (Wildman–Crippen LogP) is 6.06. The lowest BCUT2D eigenvalue weighted by atomic mass is 10.0. The number of hydrogen-bond donors (Lipinski definition) is 1. The number of nitrogens with one attached hydrogen (secondary N) is 1. The Balaban J connectivity index is 1.48. The highest BCUT2D eigenvalue weighted by atomic mass is 32.1. The van der Waals surface area contributed by atoms with Crippen molar-refractivity contribution < 1.29 is 4.74 Å². The van der Waals surface area contributed by atoms with Crippen LogP contribution in [0.25, 0.3) is 15.3 Å². The summed E-state index contributed by atoms with van der Waals surface area (Å²) in [6.07, 6.45) is 3.89. The van der Waals surface area contributed by atoms with Crippen LogP contribution in [0, 0.1) is 0 Å². The average Bonchev–Trinajstić information content (AvgIpc) is 3.61. The van der Waals surface area contributed by atoms with Crippen LogP contribution in [0.3, 0.4) is 0 Å². The fourth-order valence-corrected chi connectivity index (χ4v) is 5.89. The summed E-state index contributed by atoms with van der Waals surface area (Å²) in [4.78, 5) is 11.7. The Morgan fingerprint density at radius 2 is 1.83 bits per heavy atom. The number of ether oxygens (including phenoxy) is 1. The van der Waals surface area contributed by atoms with E-state index in [-0.39, 0.29) is 12.1 Å². The van der Waals surface area contributed by atoms with Crippen LogP contribution in [-0.4, -0.2) is 26.3 Å². The molecule has 2 aromatic carbocycles. The van der Waals surface area contributed by atoms with Crippen LogP contribution < -0.4 is 15.0 Å². The number of nitrogens with zero attached hydrogens (tertiary/aromatic N) is 4. The third kappa shape index (κ3) is 3.94. The third-order valence-corrected chi connectivity index (χ3v) is 7.45. The average molecular weight is 498 g/mol. The molecule has 0 amide bonds. The number of para-hydroxylation sites is 1. The van der Waals surface area contributed by atoms with Crippen LogP contribution in [0.1, 0.15) is 30.4 Å². The van der Waals surface area contributed by atoms with Gasteiger partial charge in [-0.2, -0.15) is 0 Å². The molecule has 0 aliphatic carbocycles. The molecule has 8 heteroatoms. The SMILES string of the molecule is CCOc1ccc(N2C(=S)NC(c3ccccn3)C2c2cccn2-c2nc3ccccc3s2)cc1. The van der Waals surface area contributed by atoms with E-state index in [1.54, 1.807) is 11.3 Å². The van der Waals surface area contributed by atoms with Crippen molar-refractivity contribution in [3.63, 3.8) is 0 Å². The standard InChI is InChI=1S/C27H23N5OS2/c1-2-33-19-14-12-18(13-15-19)32-25(24(30-26(32)34)21-9-5-6-16-28-21)22-10-7-17-31(22)27-29-20-8-3-4-11-23(20)35-27/h3-17,24-25H,2H2,1H3,(H,30,34). The molecule has 174 valence electrons. The van der Waals surface area contributed by atoms with Gasteiger partial charge < -0.3 is 15.0 Å². The van der Waals surface area contributed by atoms with Crippen molar-refractivity contribution >= 4 is 44.6 Å². The molecule has 0 spiro atoms. The minimum absolute atomic E-state index is 0.127. The van der Waals surface area contributed by atoms with Crippen LogP contribution in [-0.2, 0) is 0 Å². The monoisotopic (exact) mass is 497 g/mol. The van der Waals surface area contributed by atoms with Crippen molar-refractivity contribution in [2.24, 2.45) is 0 Å². The molecule has 4 heterocycles. The van der Waals surface area contributed by atoms with Crippen molar-refractivity contribution in [1.29, 1.82) is 0 Å². The van der Waals surface area contributed by atoms with Crippen LogP contribution in [0.2, 0.25) is 0 Å². The van der Waals surface area contributed by atoms with E-state index in [0.717, 1.165) is 38.2 Å². The van der Waals surface area contributed by atoms with Gasteiger partial charge in [0, 0.05) is 18.1 Å². The number of anilines is 1. The topological polar surface area (TPSA) is 55.2 Å². The molecule has 0 bridgehead atoms. The fraction of sp³-hybridized carbons (Fsp3) is 0.148. The van der Waals surface area contributed by atoms with Gasteiger partial charge >= 0.3 is 0 Å². The second-order valence-electron chi connectivity index (χ2n) is 8.19.